The summed E-state index contributed by atoms with van der Waals surface area (Å²) in [5.74, 6) is 0.600. The Morgan fingerprint density at radius 3 is 2.71 bits per heavy atom. The number of phenolic OH excluding ortho intramolecular Hbond substituents is 1. The molecule has 0 aliphatic heterocycles. The number of nitrogens with zero attached hydrogens (tertiary/aromatic N) is 2. The van der Waals surface area contributed by atoms with Crippen LogP contribution in [0.25, 0.3) is 16.9 Å². The Morgan fingerprint density at radius 2 is 1.96 bits per heavy atom. The first-order valence-electron chi connectivity index (χ1n) is 8.56. The van der Waals surface area contributed by atoms with Crippen molar-refractivity contribution in [1.82, 2.24) is 14.6 Å². The van der Waals surface area contributed by atoms with Crippen LogP contribution >= 0.6 is 0 Å². The van der Waals surface area contributed by atoms with Crippen molar-refractivity contribution in [3.63, 3.8) is 0 Å². The molecular weight excluding hydrogens is 302 g/mol. The molecule has 0 unspecified atom stereocenters. The Morgan fingerprint density at radius 1 is 1.21 bits per heavy atom. The lowest BCUT2D eigenvalue weighted by Crippen LogP contribution is -2.12. The van der Waals surface area contributed by atoms with Crippen LogP contribution < -0.4 is 5.56 Å². The molecule has 5 nitrogen and oxygen atoms in total. The number of aromatic amines is 1. The molecule has 1 fully saturated rings. The molecule has 1 saturated carbocycles. The number of rotatable bonds is 2. The summed E-state index contributed by atoms with van der Waals surface area (Å²) in [4.78, 5) is 15.2. The summed E-state index contributed by atoms with van der Waals surface area (Å²) in [5.41, 5.74) is 3.95. The molecule has 5 heteroatoms. The van der Waals surface area contributed by atoms with Gasteiger partial charge in [0.25, 0.3) is 5.56 Å². The highest BCUT2D eigenvalue weighted by Gasteiger charge is 2.24. The number of H-pyrrole nitrogens is 1. The fourth-order valence-corrected chi connectivity index (χ4v) is 3.93. The Balaban J connectivity index is 1.97. The van der Waals surface area contributed by atoms with Gasteiger partial charge in [-0.3, -0.25) is 4.79 Å². The van der Waals surface area contributed by atoms with E-state index in [1.165, 1.54) is 25.3 Å². The number of aromatic hydroxyl groups is 1. The Kier molecular flexibility index (Phi) is 3.63. The lowest BCUT2D eigenvalue weighted by Gasteiger charge is -2.21. The van der Waals surface area contributed by atoms with Crippen LogP contribution in [0.1, 0.15) is 49.3 Å². The second-order valence-electron chi connectivity index (χ2n) is 6.63. The van der Waals surface area contributed by atoms with Crippen LogP contribution in [0.4, 0.5) is 0 Å². The van der Waals surface area contributed by atoms with Gasteiger partial charge in [0, 0.05) is 17.2 Å². The maximum atomic E-state index is 12.3. The van der Waals surface area contributed by atoms with Crippen LogP contribution in [0.2, 0.25) is 0 Å². The van der Waals surface area contributed by atoms with Gasteiger partial charge < -0.3 is 10.1 Å². The molecule has 0 amide bonds. The fourth-order valence-electron chi connectivity index (χ4n) is 3.93. The predicted octanol–water partition coefficient (Wildman–Crippen LogP) is 3.75. The van der Waals surface area contributed by atoms with Crippen molar-refractivity contribution in [3.05, 3.63) is 51.9 Å². The predicted molar refractivity (Wildman–Crippen MR) is 93.5 cm³/mol. The number of fused-ring (bicyclic) bond motifs is 1. The van der Waals surface area contributed by atoms with Crippen molar-refractivity contribution in [2.24, 2.45) is 0 Å². The van der Waals surface area contributed by atoms with Crippen LogP contribution in [0.3, 0.4) is 0 Å². The van der Waals surface area contributed by atoms with Crippen molar-refractivity contribution in [3.8, 4) is 17.0 Å². The number of hydrogen-bond donors (Lipinski definition) is 2. The molecule has 0 spiro atoms. The molecule has 2 N–H and O–H groups in total. The van der Waals surface area contributed by atoms with Gasteiger partial charge in [0.1, 0.15) is 11.4 Å². The topological polar surface area (TPSA) is 70.4 Å². The largest absolute Gasteiger partial charge is 0.507 e. The van der Waals surface area contributed by atoms with Gasteiger partial charge in [-0.15, -0.1) is 0 Å². The van der Waals surface area contributed by atoms with Gasteiger partial charge in [-0.1, -0.05) is 31.4 Å². The number of benzene rings is 1. The lowest BCUT2D eigenvalue weighted by atomic mass is 9.84. The summed E-state index contributed by atoms with van der Waals surface area (Å²) in [7, 11) is 0. The third-order valence-electron chi connectivity index (χ3n) is 5.04. The highest BCUT2D eigenvalue weighted by Crippen LogP contribution is 2.37. The van der Waals surface area contributed by atoms with Crippen molar-refractivity contribution >= 4 is 5.65 Å². The number of phenols is 1. The van der Waals surface area contributed by atoms with Gasteiger partial charge in [0.15, 0.2) is 0 Å². The molecule has 3 aromatic rings. The maximum absolute atomic E-state index is 12.3. The second kappa shape index (κ2) is 5.82. The smallest absolute Gasteiger partial charge is 0.251 e. The Hall–Kier alpha value is -2.56. The van der Waals surface area contributed by atoms with E-state index in [9.17, 15) is 9.90 Å². The summed E-state index contributed by atoms with van der Waals surface area (Å²) in [5, 5.41) is 14.9. The molecule has 2 aromatic heterocycles. The van der Waals surface area contributed by atoms with Crippen LogP contribution in [-0.2, 0) is 0 Å². The molecule has 2 heterocycles. The van der Waals surface area contributed by atoms with Crippen molar-refractivity contribution in [1.29, 1.82) is 0 Å². The highest BCUT2D eigenvalue weighted by atomic mass is 16.3. The van der Waals surface area contributed by atoms with E-state index in [1.807, 2.05) is 13.0 Å². The molecule has 124 valence electrons. The molecule has 24 heavy (non-hydrogen) atoms. The summed E-state index contributed by atoms with van der Waals surface area (Å²) in [6.07, 6.45) is 6.03. The number of aryl methyl sites for hydroxylation is 1. The zero-order valence-corrected chi connectivity index (χ0v) is 13.7. The number of hydrogen-bond acceptors (Lipinski definition) is 3. The molecule has 0 radical (unpaired) electrons. The van der Waals surface area contributed by atoms with Crippen LogP contribution in [-0.4, -0.2) is 19.7 Å². The van der Waals surface area contributed by atoms with E-state index in [4.69, 9.17) is 0 Å². The van der Waals surface area contributed by atoms with Gasteiger partial charge in [0.2, 0.25) is 0 Å². The standard InChI is InChI=1S/C19H21N3O2/c1-12-18(13-7-3-2-4-8-13)19-20-17(24)11-15(22(19)21-12)14-9-5-6-10-16(14)23/h5-6,9-11,13,23H,2-4,7-8H2,1H3,(H,20,24). The SMILES string of the molecule is Cc1nn2c(-c3ccccc3O)cc(=O)[nH]c2c1C1CCCCC1. The van der Waals surface area contributed by atoms with E-state index in [0.717, 1.165) is 29.7 Å². The minimum Gasteiger partial charge on any atom is -0.507 e. The first-order valence-corrected chi connectivity index (χ1v) is 8.56. The van der Waals surface area contributed by atoms with E-state index in [1.54, 1.807) is 22.7 Å². The van der Waals surface area contributed by atoms with E-state index in [-0.39, 0.29) is 11.3 Å². The summed E-state index contributed by atoms with van der Waals surface area (Å²) in [6.45, 7) is 2.00. The van der Waals surface area contributed by atoms with E-state index in [0.29, 0.717) is 17.2 Å². The average Bonchev–Trinajstić information content (AvgIpc) is 2.91. The van der Waals surface area contributed by atoms with Crippen molar-refractivity contribution in [2.75, 3.05) is 0 Å². The van der Waals surface area contributed by atoms with E-state index >= 15 is 0 Å². The summed E-state index contributed by atoms with van der Waals surface area (Å²) >= 11 is 0. The van der Waals surface area contributed by atoms with E-state index < -0.39 is 0 Å². The first kappa shape index (κ1) is 15.0. The monoisotopic (exact) mass is 323 g/mol. The minimum absolute atomic E-state index is 0.150. The van der Waals surface area contributed by atoms with Crippen LogP contribution in [0.15, 0.2) is 35.1 Å². The van der Waals surface area contributed by atoms with Crippen molar-refractivity contribution in [2.45, 2.75) is 44.9 Å². The van der Waals surface area contributed by atoms with E-state index in [2.05, 4.69) is 10.1 Å². The normalized spacial score (nSPS) is 15.9. The lowest BCUT2D eigenvalue weighted by molar-refractivity contribution is 0.444. The zero-order valence-electron chi connectivity index (χ0n) is 13.7. The van der Waals surface area contributed by atoms with Gasteiger partial charge in [0.05, 0.1) is 11.4 Å². The zero-order chi connectivity index (χ0) is 16.7. The Bertz CT molecular complexity index is 949. The maximum Gasteiger partial charge on any atom is 0.251 e. The van der Waals surface area contributed by atoms with Gasteiger partial charge >= 0.3 is 0 Å². The summed E-state index contributed by atoms with van der Waals surface area (Å²) in [6, 6.07) is 8.55. The number of nitrogens with one attached hydrogen (secondary N) is 1. The quantitative estimate of drug-likeness (QED) is 0.754. The number of para-hydroxylation sites is 1. The molecule has 0 saturated heterocycles. The highest BCUT2D eigenvalue weighted by molar-refractivity contribution is 5.70. The molecular formula is C19H21N3O2. The Labute approximate surface area is 140 Å². The average molecular weight is 323 g/mol. The minimum atomic E-state index is -0.169. The number of aromatic nitrogens is 3. The van der Waals surface area contributed by atoms with Gasteiger partial charge in [-0.2, -0.15) is 5.10 Å². The summed E-state index contributed by atoms with van der Waals surface area (Å²) < 4.78 is 1.77. The third kappa shape index (κ3) is 2.40. The molecule has 0 atom stereocenters. The van der Waals surface area contributed by atoms with Gasteiger partial charge in [-0.25, -0.2) is 4.52 Å². The second-order valence-corrected chi connectivity index (χ2v) is 6.63. The fraction of sp³-hybridized carbons (Fsp3) is 0.368. The van der Waals surface area contributed by atoms with Gasteiger partial charge in [-0.05, 0) is 37.8 Å². The molecule has 0 bridgehead atoms. The first-order chi connectivity index (χ1) is 11.6. The van der Waals surface area contributed by atoms with Crippen LogP contribution in [0, 0.1) is 6.92 Å². The molecule has 1 aliphatic carbocycles. The molecule has 1 aromatic carbocycles. The van der Waals surface area contributed by atoms with Crippen LogP contribution in [0.5, 0.6) is 5.75 Å². The molecule has 1 aliphatic rings. The molecule has 4 rings (SSSR count). The third-order valence-corrected chi connectivity index (χ3v) is 5.04. The van der Waals surface area contributed by atoms with Crippen molar-refractivity contribution < 1.29 is 5.11 Å².